The summed E-state index contributed by atoms with van der Waals surface area (Å²) < 4.78 is 35.8. The number of hydrogen-bond donors (Lipinski definition) is 12. The van der Waals surface area contributed by atoms with Crippen molar-refractivity contribution < 1.29 is 94.5 Å². The van der Waals surface area contributed by atoms with Crippen LogP contribution in [-0.2, 0) is 33.2 Å². The Morgan fingerprint density at radius 2 is 1.32 bits per heavy atom. The Balaban J connectivity index is 1.16. The minimum Gasteiger partial charge on any atom is -0.432 e. The summed E-state index contributed by atoms with van der Waals surface area (Å²) in [6.07, 6.45) is -20.0. The summed E-state index contributed by atoms with van der Waals surface area (Å²) in [5.74, 6) is -1.54. The maximum atomic E-state index is 15.5. The van der Waals surface area contributed by atoms with Crippen LogP contribution in [0.4, 0.5) is 0 Å². The topological polar surface area (TPSA) is 315 Å². The van der Waals surface area contributed by atoms with E-state index in [4.69, 9.17) is 28.4 Å². The van der Waals surface area contributed by atoms with Crippen LogP contribution in [0.15, 0.2) is 11.6 Å². The van der Waals surface area contributed by atoms with Gasteiger partial charge in [-0.1, -0.05) is 53.2 Å². The van der Waals surface area contributed by atoms with E-state index in [0.717, 1.165) is 18.4 Å². The molecule has 0 aromatic carbocycles. The third kappa shape index (κ3) is 7.51. The van der Waals surface area contributed by atoms with E-state index in [-0.39, 0.29) is 35.0 Å². The Hall–Kier alpha value is -1.47. The molecule has 0 spiro atoms. The van der Waals surface area contributed by atoms with Crippen molar-refractivity contribution in [3.05, 3.63) is 11.6 Å². The second-order valence-corrected chi connectivity index (χ2v) is 22.9. The van der Waals surface area contributed by atoms with Gasteiger partial charge in [0.1, 0.15) is 61.0 Å². The van der Waals surface area contributed by atoms with Gasteiger partial charge in [0.25, 0.3) is 0 Å². The van der Waals surface area contributed by atoms with E-state index in [0.29, 0.717) is 32.1 Å². The SMILES string of the molecule is C[C@@H]1CC[C@]2(C(=O)O[C@@H]3O[C@H](CO)[C@@H](O)[C@H](O[C@@H]4O[C@H](CO)[C@@H](O)[C@H](O)[C@H]4O)[C@H]3O[C@@H]3OC[C@H](O)[C@H](O)[C@H]3O)CC[C@]3(C)C(=CC[C@@H]4[C@@]5(C)C[C@@H](O)[C@H](O)C(C)(C)[C@@H]5CC[C@]43C)[C@@H]2[C@]1(C)O. The maximum Gasteiger partial charge on any atom is 0.315 e. The highest BCUT2D eigenvalue weighted by molar-refractivity contribution is 5.79. The predicted molar refractivity (Wildman–Crippen MR) is 227 cm³/mol. The number of esters is 1. The molecule has 19 heteroatoms. The van der Waals surface area contributed by atoms with Crippen molar-refractivity contribution >= 4 is 5.97 Å². The van der Waals surface area contributed by atoms with E-state index >= 15 is 4.79 Å². The smallest absolute Gasteiger partial charge is 0.315 e. The van der Waals surface area contributed by atoms with Crippen molar-refractivity contribution in [2.24, 2.45) is 50.7 Å². The van der Waals surface area contributed by atoms with E-state index in [1.807, 2.05) is 6.92 Å². The molecule has 3 aliphatic heterocycles. The Labute approximate surface area is 385 Å². The van der Waals surface area contributed by atoms with Crippen molar-refractivity contribution in [3.8, 4) is 0 Å². The van der Waals surface area contributed by atoms with E-state index < -0.39 is 152 Å². The molecule has 7 fully saturated rings. The van der Waals surface area contributed by atoms with Gasteiger partial charge in [-0.2, -0.15) is 0 Å². The molecule has 66 heavy (non-hydrogen) atoms. The minimum atomic E-state index is -1.97. The molecule has 0 aromatic rings. The first kappa shape index (κ1) is 50.9. The Kier molecular flexibility index (Phi) is 13.6. The molecule has 19 nitrogen and oxygen atoms in total. The highest BCUT2D eigenvalue weighted by Gasteiger charge is 2.72. The van der Waals surface area contributed by atoms with Crippen LogP contribution in [-0.4, -0.2) is 191 Å². The van der Waals surface area contributed by atoms with Crippen LogP contribution in [0.5, 0.6) is 0 Å². The van der Waals surface area contributed by atoms with Crippen LogP contribution in [0, 0.1) is 50.7 Å². The lowest BCUT2D eigenvalue weighted by Crippen LogP contribution is -2.69. The summed E-state index contributed by atoms with van der Waals surface area (Å²) in [6, 6.07) is 0. The molecule has 0 amide bonds. The van der Waals surface area contributed by atoms with Gasteiger partial charge >= 0.3 is 5.97 Å². The number of aliphatic hydroxyl groups is 12. The van der Waals surface area contributed by atoms with Crippen molar-refractivity contribution in [2.45, 2.75) is 204 Å². The van der Waals surface area contributed by atoms with Gasteiger partial charge in [-0.25, -0.2) is 0 Å². The minimum absolute atomic E-state index is 0.109. The number of hydrogen-bond acceptors (Lipinski definition) is 19. The standard InChI is InChI=1S/C47H76O19/c1-20-10-13-47(15-14-44(5)21(36(47)46(20,7)60)8-9-27-43(4)16-22(50)37(58)42(2,3)26(43)11-12-45(27,44)6)41(59)66-40-35(65-38-32(56)28(52)23(51)19-61-38)34(30(54)25(18-49)63-40)64-39-33(57)31(55)29(53)24(17-48)62-39/h8,20,22-40,48-58,60H,9-19H2,1-7H3/t20-,22-,23+,24-,25-,26+,27-,28+,29-,30-,31+,32-,33-,34+,35-,36-,37+,38+,39+,40+,43+,44-,45-,46-,47+/m1/s1. The maximum absolute atomic E-state index is 15.5. The van der Waals surface area contributed by atoms with Crippen molar-refractivity contribution in [3.63, 3.8) is 0 Å². The lowest BCUT2D eigenvalue weighted by Gasteiger charge is -2.72. The van der Waals surface area contributed by atoms with Crippen LogP contribution in [0.3, 0.4) is 0 Å². The van der Waals surface area contributed by atoms with Crippen LogP contribution in [0.1, 0.15) is 99.8 Å². The summed E-state index contributed by atoms with van der Waals surface area (Å²) in [5.41, 5.74) is -3.54. The molecule has 0 aromatic heterocycles. The molecule has 378 valence electrons. The summed E-state index contributed by atoms with van der Waals surface area (Å²) in [5, 5.41) is 131. The quantitative estimate of drug-likeness (QED) is 0.0996. The molecule has 0 unspecified atom stereocenters. The summed E-state index contributed by atoms with van der Waals surface area (Å²) in [4.78, 5) is 15.5. The largest absolute Gasteiger partial charge is 0.432 e. The molecule has 3 saturated heterocycles. The first-order valence-electron chi connectivity index (χ1n) is 24.0. The fourth-order valence-corrected chi connectivity index (χ4v) is 15.0. The van der Waals surface area contributed by atoms with Gasteiger partial charge in [0.2, 0.25) is 6.29 Å². The van der Waals surface area contributed by atoms with E-state index in [1.165, 1.54) is 0 Å². The monoisotopic (exact) mass is 944 g/mol. The molecule has 5 aliphatic carbocycles. The zero-order valence-corrected chi connectivity index (χ0v) is 39.1. The second kappa shape index (κ2) is 17.7. The third-order valence-corrected chi connectivity index (χ3v) is 19.3. The van der Waals surface area contributed by atoms with E-state index in [9.17, 15) is 61.3 Å². The Morgan fingerprint density at radius 3 is 1.98 bits per heavy atom. The normalized spacial score (nSPS) is 55.9. The number of aliphatic hydroxyl groups excluding tert-OH is 11. The average molecular weight is 945 g/mol. The van der Waals surface area contributed by atoms with Gasteiger partial charge in [-0.05, 0) is 97.7 Å². The third-order valence-electron chi connectivity index (χ3n) is 19.3. The number of ether oxygens (including phenoxy) is 6. The van der Waals surface area contributed by atoms with E-state index in [1.54, 1.807) is 6.92 Å². The van der Waals surface area contributed by atoms with Crippen LogP contribution >= 0.6 is 0 Å². The van der Waals surface area contributed by atoms with Crippen molar-refractivity contribution in [1.29, 1.82) is 0 Å². The zero-order valence-electron chi connectivity index (χ0n) is 39.1. The van der Waals surface area contributed by atoms with Gasteiger partial charge in [0.15, 0.2) is 18.7 Å². The first-order valence-corrected chi connectivity index (χ1v) is 24.0. The van der Waals surface area contributed by atoms with Crippen molar-refractivity contribution in [2.75, 3.05) is 19.8 Å². The highest BCUT2D eigenvalue weighted by Crippen LogP contribution is 2.76. The molecule has 8 aliphatic rings. The number of carbonyl (C=O) groups is 1. The first-order chi connectivity index (χ1) is 30.8. The molecule has 0 bridgehead atoms. The average Bonchev–Trinajstić information content (AvgIpc) is 3.26. The molecule has 25 atom stereocenters. The Bertz CT molecular complexity index is 1810. The van der Waals surface area contributed by atoms with Gasteiger partial charge in [-0.15, -0.1) is 0 Å². The Morgan fingerprint density at radius 1 is 0.697 bits per heavy atom. The lowest BCUT2D eigenvalue weighted by molar-refractivity contribution is -0.383. The van der Waals surface area contributed by atoms with Gasteiger partial charge in [0.05, 0.1) is 43.0 Å². The van der Waals surface area contributed by atoms with Gasteiger partial charge < -0.3 is 89.7 Å². The fraction of sp³-hybridized carbons (Fsp3) is 0.936. The van der Waals surface area contributed by atoms with Crippen LogP contribution in [0.2, 0.25) is 0 Å². The van der Waals surface area contributed by atoms with Crippen molar-refractivity contribution in [1.82, 2.24) is 0 Å². The van der Waals surface area contributed by atoms with Crippen LogP contribution in [0.25, 0.3) is 0 Å². The fourth-order valence-electron chi connectivity index (χ4n) is 15.0. The van der Waals surface area contributed by atoms with Crippen LogP contribution < -0.4 is 0 Å². The molecule has 8 rings (SSSR count). The lowest BCUT2D eigenvalue weighted by atomic mass is 9.33. The van der Waals surface area contributed by atoms with Gasteiger partial charge in [0, 0.05) is 5.92 Å². The number of allylic oxidation sites excluding steroid dienone is 1. The van der Waals surface area contributed by atoms with E-state index in [2.05, 4.69) is 40.7 Å². The predicted octanol–water partition coefficient (Wildman–Crippen LogP) is -1.28. The molecule has 4 saturated carbocycles. The summed E-state index contributed by atoms with van der Waals surface area (Å²) in [6.45, 7) is 12.5. The molecular weight excluding hydrogens is 868 g/mol. The number of fused-ring (bicyclic) bond motifs is 7. The number of rotatable bonds is 8. The molecule has 0 radical (unpaired) electrons. The molecular formula is C47H76O19. The summed E-state index contributed by atoms with van der Waals surface area (Å²) >= 11 is 0. The summed E-state index contributed by atoms with van der Waals surface area (Å²) in [7, 11) is 0. The molecule has 3 heterocycles. The molecule has 12 N–H and O–H groups in total. The highest BCUT2D eigenvalue weighted by atomic mass is 16.8. The van der Waals surface area contributed by atoms with Gasteiger partial charge in [-0.3, -0.25) is 4.79 Å². The second-order valence-electron chi connectivity index (χ2n) is 22.9. The zero-order chi connectivity index (χ0) is 48.4. The number of carbonyl (C=O) groups excluding carboxylic acids is 1.